The van der Waals surface area contributed by atoms with Gasteiger partial charge in [-0.25, -0.2) is 8.78 Å². The average molecular weight is 279 g/mol. The first kappa shape index (κ1) is 14.7. The molecule has 0 bridgehead atoms. The summed E-state index contributed by atoms with van der Waals surface area (Å²) in [6.07, 6.45) is 0.463. The molecule has 108 valence electrons. The Hall–Kier alpha value is -1.75. The fourth-order valence-corrected chi connectivity index (χ4v) is 2.38. The van der Waals surface area contributed by atoms with Gasteiger partial charge in [-0.15, -0.1) is 0 Å². The van der Waals surface area contributed by atoms with Gasteiger partial charge in [-0.05, 0) is 44.5 Å². The van der Waals surface area contributed by atoms with Gasteiger partial charge in [-0.3, -0.25) is 4.68 Å². The smallest absolute Gasteiger partial charge is 0.126 e. The molecule has 0 aliphatic heterocycles. The number of aromatic nitrogens is 2. The highest BCUT2D eigenvalue weighted by atomic mass is 19.1. The lowest BCUT2D eigenvalue weighted by atomic mass is 9.88. The number of hydrogen-bond donors (Lipinski definition) is 1. The fourth-order valence-electron chi connectivity index (χ4n) is 2.38. The Kier molecular flexibility index (Phi) is 3.90. The maximum atomic E-state index is 13.3. The number of halogens is 2. The van der Waals surface area contributed by atoms with Crippen LogP contribution in [0, 0.1) is 18.6 Å². The zero-order chi connectivity index (χ0) is 14.9. The molecule has 1 unspecified atom stereocenters. The van der Waals surface area contributed by atoms with Crippen molar-refractivity contribution in [1.29, 1.82) is 0 Å². The Balaban J connectivity index is 2.34. The molecule has 1 aromatic carbocycles. The molecule has 2 rings (SSSR count). The normalized spacial score (nSPS) is 14.3. The Morgan fingerprint density at radius 1 is 1.20 bits per heavy atom. The predicted octanol–water partition coefficient (Wildman–Crippen LogP) is 2.91. The van der Waals surface area contributed by atoms with Gasteiger partial charge < -0.3 is 5.73 Å². The van der Waals surface area contributed by atoms with Crippen LogP contribution in [0.15, 0.2) is 24.3 Å². The van der Waals surface area contributed by atoms with E-state index in [0.29, 0.717) is 12.0 Å². The molecule has 1 atom stereocenters. The first-order valence-electron chi connectivity index (χ1n) is 6.60. The van der Waals surface area contributed by atoms with Crippen molar-refractivity contribution in [3.63, 3.8) is 0 Å². The minimum absolute atomic E-state index is 0.441. The monoisotopic (exact) mass is 279 g/mol. The van der Waals surface area contributed by atoms with E-state index < -0.39 is 17.2 Å². The van der Waals surface area contributed by atoms with Crippen LogP contribution in [-0.2, 0) is 18.5 Å². The Bertz CT molecular complexity index is 597. The van der Waals surface area contributed by atoms with Crippen LogP contribution >= 0.6 is 0 Å². The van der Waals surface area contributed by atoms with Crippen molar-refractivity contribution >= 4 is 0 Å². The van der Waals surface area contributed by atoms with E-state index in [1.54, 1.807) is 6.92 Å². The molecule has 2 aromatic rings. The summed E-state index contributed by atoms with van der Waals surface area (Å²) in [5, 5.41) is 4.36. The molecule has 3 nitrogen and oxygen atoms in total. The first-order chi connectivity index (χ1) is 9.31. The summed E-state index contributed by atoms with van der Waals surface area (Å²) in [4.78, 5) is 0. The van der Waals surface area contributed by atoms with E-state index in [1.165, 1.54) is 12.1 Å². The summed E-state index contributed by atoms with van der Waals surface area (Å²) in [6, 6.07) is 5.36. The second-order valence-electron chi connectivity index (χ2n) is 5.35. The molecular weight excluding hydrogens is 260 g/mol. The number of nitrogens with zero attached hydrogens (tertiary/aromatic N) is 2. The van der Waals surface area contributed by atoms with E-state index in [4.69, 9.17) is 5.73 Å². The lowest BCUT2D eigenvalue weighted by molar-refractivity contribution is 0.455. The van der Waals surface area contributed by atoms with Crippen LogP contribution in [0.4, 0.5) is 8.78 Å². The van der Waals surface area contributed by atoms with Crippen molar-refractivity contribution in [2.24, 2.45) is 5.73 Å². The first-order valence-corrected chi connectivity index (χ1v) is 6.60. The van der Waals surface area contributed by atoms with Gasteiger partial charge in [0.1, 0.15) is 11.6 Å². The molecule has 0 saturated carbocycles. The maximum absolute atomic E-state index is 13.3. The summed E-state index contributed by atoms with van der Waals surface area (Å²) >= 11 is 0. The molecule has 0 spiro atoms. The SMILES string of the molecule is CCn1nc(C)cc1CC(C)(N)c1cc(F)cc(F)c1. The zero-order valence-corrected chi connectivity index (χ0v) is 12.0. The van der Waals surface area contributed by atoms with Crippen molar-refractivity contribution in [2.75, 3.05) is 0 Å². The molecule has 0 amide bonds. The minimum atomic E-state index is -0.859. The summed E-state index contributed by atoms with van der Waals surface area (Å²) < 4.78 is 28.5. The minimum Gasteiger partial charge on any atom is -0.321 e. The van der Waals surface area contributed by atoms with Crippen molar-refractivity contribution in [3.8, 4) is 0 Å². The molecular formula is C15H19F2N3. The Labute approximate surface area is 117 Å². The van der Waals surface area contributed by atoms with Crippen LogP contribution < -0.4 is 5.73 Å². The number of benzene rings is 1. The van der Waals surface area contributed by atoms with Crippen LogP contribution in [0.1, 0.15) is 30.8 Å². The second kappa shape index (κ2) is 5.32. The van der Waals surface area contributed by atoms with Gasteiger partial charge in [-0.2, -0.15) is 5.10 Å². The molecule has 1 aromatic heterocycles. The molecule has 0 aliphatic rings. The Morgan fingerprint density at radius 3 is 2.35 bits per heavy atom. The number of aryl methyl sites for hydroxylation is 2. The molecule has 0 aliphatic carbocycles. The largest absolute Gasteiger partial charge is 0.321 e. The maximum Gasteiger partial charge on any atom is 0.126 e. The molecule has 1 heterocycles. The van der Waals surface area contributed by atoms with E-state index in [1.807, 2.05) is 24.6 Å². The van der Waals surface area contributed by atoms with Gasteiger partial charge in [0.15, 0.2) is 0 Å². The van der Waals surface area contributed by atoms with Crippen LogP contribution in [0.25, 0.3) is 0 Å². The van der Waals surface area contributed by atoms with E-state index in [9.17, 15) is 8.78 Å². The molecule has 0 saturated heterocycles. The highest BCUT2D eigenvalue weighted by Gasteiger charge is 2.25. The topological polar surface area (TPSA) is 43.8 Å². The van der Waals surface area contributed by atoms with E-state index in [2.05, 4.69) is 5.10 Å². The average Bonchev–Trinajstić information content (AvgIpc) is 2.67. The van der Waals surface area contributed by atoms with Gasteiger partial charge >= 0.3 is 0 Å². The van der Waals surface area contributed by atoms with Gasteiger partial charge in [-0.1, -0.05) is 0 Å². The van der Waals surface area contributed by atoms with E-state index >= 15 is 0 Å². The molecule has 0 fully saturated rings. The highest BCUT2D eigenvalue weighted by Crippen LogP contribution is 2.25. The third kappa shape index (κ3) is 3.04. The highest BCUT2D eigenvalue weighted by molar-refractivity contribution is 5.27. The van der Waals surface area contributed by atoms with Gasteiger partial charge in [0, 0.05) is 30.3 Å². The summed E-state index contributed by atoms with van der Waals surface area (Å²) in [7, 11) is 0. The van der Waals surface area contributed by atoms with Gasteiger partial charge in [0.2, 0.25) is 0 Å². The van der Waals surface area contributed by atoms with Crippen molar-refractivity contribution in [1.82, 2.24) is 9.78 Å². The summed E-state index contributed by atoms with van der Waals surface area (Å²) in [5.41, 5.74) is 7.71. The molecule has 0 radical (unpaired) electrons. The number of nitrogens with two attached hydrogens (primary N) is 1. The molecule has 2 N–H and O–H groups in total. The van der Waals surface area contributed by atoms with Crippen molar-refractivity contribution in [3.05, 3.63) is 52.9 Å². The van der Waals surface area contributed by atoms with E-state index in [-0.39, 0.29) is 0 Å². The predicted molar refractivity (Wildman–Crippen MR) is 74.2 cm³/mol. The van der Waals surface area contributed by atoms with Crippen molar-refractivity contribution < 1.29 is 8.78 Å². The van der Waals surface area contributed by atoms with Crippen LogP contribution in [0.2, 0.25) is 0 Å². The second-order valence-corrected chi connectivity index (χ2v) is 5.35. The van der Waals surface area contributed by atoms with Crippen LogP contribution in [-0.4, -0.2) is 9.78 Å². The van der Waals surface area contributed by atoms with Crippen molar-refractivity contribution in [2.45, 2.75) is 39.3 Å². The lowest BCUT2D eigenvalue weighted by Crippen LogP contribution is -2.36. The van der Waals surface area contributed by atoms with Gasteiger partial charge in [0.25, 0.3) is 0 Å². The standard InChI is InChI=1S/C15H19F2N3/c1-4-20-14(5-10(2)19-20)9-15(3,18)11-6-12(16)8-13(17)7-11/h5-8H,4,9,18H2,1-3H3. The van der Waals surface area contributed by atoms with E-state index in [0.717, 1.165) is 24.0 Å². The van der Waals surface area contributed by atoms with Gasteiger partial charge in [0.05, 0.1) is 5.69 Å². The zero-order valence-electron chi connectivity index (χ0n) is 12.0. The summed E-state index contributed by atoms with van der Waals surface area (Å²) in [5.74, 6) is -1.23. The Morgan fingerprint density at radius 2 is 1.80 bits per heavy atom. The summed E-state index contributed by atoms with van der Waals surface area (Å²) in [6.45, 7) is 6.40. The quantitative estimate of drug-likeness (QED) is 0.935. The molecule has 5 heteroatoms. The third-order valence-electron chi connectivity index (χ3n) is 3.36. The third-order valence-corrected chi connectivity index (χ3v) is 3.36. The fraction of sp³-hybridized carbons (Fsp3) is 0.400. The number of rotatable bonds is 4. The lowest BCUT2D eigenvalue weighted by Gasteiger charge is -2.25. The number of hydrogen-bond acceptors (Lipinski definition) is 2. The van der Waals surface area contributed by atoms with Crippen LogP contribution in [0.3, 0.4) is 0 Å². The molecule has 20 heavy (non-hydrogen) atoms. The van der Waals surface area contributed by atoms with Crippen LogP contribution in [0.5, 0.6) is 0 Å².